The minimum Gasteiger partial charge on any atom is -0.278 e. The van der Waals surface area contributed by atoms with E-state index in [1.165, 1.54) is 4.90 Å². The molecule has 0 N–H and O–H groups in total. The van der Waals surface area contributed by atoms with E-state index < -0.39 is 0 Å². The molecule has 2 aromatic carbocycles. The van der Waals surface area contributed by atoms with Gasteiger partial charge in [0.15, 0.2) is 0 Å². The topological polar surface area (TPSA) is 37.4 Å². The standard InChI is InChI=1S/C18H19NO2/c1-2-3-6-11-19-16(20)12-14-10-9-13-7-4-5-8-15(13)17(14)18(19)21/h4-5,7-10H,2-3,6,11-12H2,1H3. The molecule has 108 valence electrons. The van der Waals surface area contributed by atoms with E-state index in [1.807, 2.05) is 36.4 Å². The van der Waals surface area contributed by atoms with Crippen LogP contribution in [0.25, 0.3) is 10.8 Å². The van der Waals surface area contributed by atoms with Crippen molar-refractivity contribution in [3.8, 4) is 0 Å². The summed E-state index contributed by atoms with van der Waals surface area (Å²) in [6, 6.07) is 11.8. The van der Waals surface area contributed by atoms with Crippen LogP contribution in [0.2, 0.25) is 0 Å². The quantitative estimate of drug-likeness (QED) is 0.635. The average molecular weight is 281 g/mol. The lowest BCUT2D eigenvalue weighted by Gasteiger charge is -2.27. The van der Waals surface area contributed by atoms with Crippen molar-refractivity contribution in [3.63, 3.8) is 0 Å². The van der Waals surface area contributed by atoms with Gasteiger partial charge in [-0.15, -0.1) is 0 Å². The number of unbranched alkanes of at least 4 members (excludes halogenated alkanes) is 2. The molecule has 1 heterocycles. The van der Waals surface area contributed by atoms with Crippen molar-refractivity contribution in [1.82, 2.24) is 4.90 Å². The van der Waals surface area contributed by atoms with E-state index in [1.54, 1.807) is 0 Å². The van der Waals surface area contributed by atoms with Crippen LogP contribution in [0.5, 0.6) is 0 Å². The normalized spacial score (nSPS) is 14.6. The first-order valence-corrected chi connectivity index (χ1v) is 7.57. The van der Waals surface area contributed by atoms with Crippen LogP contribution in [0, 0.1) is 0 Å². The molecule has 0 saturated heterocycles. The van der Waals surface area contributed by atoms with Crippen LogP contribution >= 0.6 is 0 Å². The predicted octanol–water partition coefficient (Wildman–Crippen LogP) is 3.55. The predicted molar refractivity (Wildman–Crippen MR) is 83.2 cm³/mol. The van der Waals surface area contributed by atoms with Crippen LogP contribution in [0.15, 0.2) is 36.4 Å². The van der Waals surface area contributed by atoms with Gasteiger partial charge in [-0.1, -0.05) is 56.2 Å². The van der Waals surface area contributed by atoms with Gasteiger partial charge < -0.3 is 0 Å². The Morgan fingerprint density at radius 1 is 1.05 bits per heavy atom. The van der Waals surface area contributed by atoms with Gasteiger partial charge in [0.05, 0.1) is 12.0 Å². The number of hydrogen-bond acceptors (Lipinski definition) is 2. The Kier molecular flexibility index (Phi) is 3.74. The van der Waals surface area contributed by atoms with Gasteiger partial charge in [0, 0.05) is 6.54 Å². The van der Waals surface area contributed by atoms with Gasteiger partial charge in [0.25, 0.3) is 5.91 Å². The van der Waals surface area contributed by atoms with E-state index in [-0.39, 0.29) is 11.8 Å². The molecule has 21 heavy (non-hydrogen) atoms. The van der Waals surface area contributed by atoms with Gasteiger partial charge in [-0.05, 0) is 22.8 Å². The van der Waals surface area contributed by atoms with Gasteiger partial charge in [-0.25, -0.2) is 0 Å². The van der Waals surface area contributed by atoms with Crippen LogP contribution in [0.3, 0.4) is 0 Å². The molecule has 1 aliphatic rings. The molecule has 3 heteroatoms. The van der Waals surface area contributed by atoms with Crippen molar-refractivity contribution in [3.05, 3.63) is 47.5 Å². The zero-order chi connectivity index (χ0) is 14.8. The van der Waals surface area contributed by atoms with Gasteiger partial charge in [0.1, 0.15) is 0 Å². The van der Waals surface area contributed by atoms with Crippen LogP contribution in [0.4, 0.5) is 0 Å². The highest BCUT2D eigenvalue weighted by molar-refractivity contribution is 6.16. The zero-order valence-electron chi connectivity index (χ0n) is 12.3. The van der Waals surface area contributed by atoms with Gasteiger partial charge in [-0.3, -0.25) is 14.5 Å². The van der Waals surface area contributed by atoms with Crippen molar-refractivity contribution < 1.29 is 9.59 Å². The third kappa shape index (κ3) is 2.44. The Labute approximate surface area is 124 Å². The Balaban J connectivity index is 2.02. The summed E-state index contributed by atoms with van der Waals surface area (Å²) >= 11 is 0. The van der Waals surface area contributed by atoms with Crippen molar-refractivity contribution in [2.24, 2.45) is 0 Å². The number of rotatable bonds is 4. The van der Waals surface area contributed by atoms with Gasteiger partial charge in [0.2, 0.25) is 5.91 Å². The van der Waals surface area contributed by atoms with Crippen LogP contribution in [-0.2, 0) is 11.2 Å². The highest BCUT2D eigenvalue weighted by Gasteiger charge is 2.31. The number of carbonyl (C=O) groups is 2. The molecule has 0 aliphatic carbocycles. The molecule has 0 radical (unpaired) electrons. The molecule has 0 atom stereocenters. The van der Waals surface area contributed by atoms with E-state index in [0.29, 0.717) is 18.5 Å². The zero-order valence-corrected chi connectivity index (χ0v) is 12.3. The average Bonchev–Trinajstić information content (AvgIpc) is 2.50. The minimum absolute atomic E-state index is 0.0705. The Bertz CT molecular complexity index is 705. The second-order valence-corrected chi connectivity index (χ2v) is 5.56. The molecule has 2 amide bonds. The molecule has 3 nitrogen and oxygen atoms in total. The van der Waals surface area contributed by atoms with Crippen LogP contribution in [-0.4, -0.2) is 23.3 Å². The number of amides is 2. The highest BCUT2D eigenvalue weighted by atomic mass is 16.2. The SMILES string of the molecule is CCCCCN1C(=O)Cc2ccc3ccccc3c2C1=O. The highest BCUT2D eigenvalue weighted by Crippen LogP contribution is 2.28. The second-order valence-electron chi connectivity index (χ2n) is 5.56. The maximum absolute atomic E-state index is 12.7. The fraction of sp³-hybridized carbons (Fsp3) is 0.333. The van der Waals surface area contributed by atoms with E-state index >= 15 is 0 Å². The van der Waals surface area contributed by atoms with E-state index in [2.05, 4.69) is 6.92 Å². The Hall–Kier alpha value is -2.16. The van der Waals surface area contributed by atoms with E-state index in [0.717, 1.165) is 35.6 Å². The van der Waals surface area contributed by atoms with Crippen molar-refractivity contribution in [1.29, 1.82) is 0 Å². The van der Waals surface area contributed by atoms with Crippen LogP contribution in [0.1, 0.15) is 42.1 Å². The molecule has 0 fully saturated rings. The minimum atomic E-state index is -0.130. The van der Waals surface area contributed by atoms with Crippen molar-refractivity contribution in [2.75, 3.05) is 6.54 Å². The number of fused-ring (bicyclic) bond motifs is 3. The molecular formula is C18H19NO2. The lowest BCUT2D eigenvalue weighted by atomic mass is 9.92. The van der Waals surface area contributed by atoms with Gasteiger partial charge in [-0.2, -0.15) is 0 Å². The Morgan fingerprint density at radius 2 is 1.86 bits per heavy atom. The summed E-state index contributed by atoms with van der Waals surface area (Å²) in [5, 5.41) is 2.00. The lowest BCUT2D eigenvalue weighted by molar-refractivity contribution is -0.128. The molecule has 0 saturated carbocycles. The smallest absolute Gasteiger partial charge is 0.261 e. The van der Waals surface area contributed by atoms with E-state index in [4.69, 9.17) is 0 Å². The molecule has 3 rings (SSSR count). The van der Waals surface area contributed by atoms with Crippen molar-refractivity contribution in [2.45, 2.75) is 32.6 Å². The Morgan fingerprint density at radius 3 is 2.67 bits per heavy atom. The summed E-state index contributed by atoms with van der Waals surface area (Å²) in [5.41, 5.74) is 1.57. The first kappa shape index (κ1) is 13.8. The van der Waals surface area contributed by atoms with E-state index in [9.17, 15) is 9.59 Å². The lowest BCUT2D eigenvalue weighted by Crippen LogP contribution is -2.42. The molecule has 0 bridgehead atoms. The first-order valence-electron chi connectivity index (χ1n) is 7.57. The summed E-state index contributed by atoms with van der Waals surface area (Å²) in [6.45, 7) is 2.65. The fourth-order valence-corrected chi connectivity index (χ4v) is 2.97. The maximum Gasteiger partial charge on any atom is 0.261 e. The first-order chi connectivity index (χ1) is 10.2. The summed E-state index contributed by atoms with van der Waals surface area (Å²) in [7, 11) is 0. The monoisotopic (exact) mass is 281 g/mol. The number of carbonyl (C=O) groups excluding carboxylic acids is 2. The molecule has 0 unspecified atom stereocenters. The second kappa shape index (κ2) is 5.68. The molecule has 2 aromatic rings. The summed E-state index contributed by atoms with van der Waals surface area (Å²) in [5.74, 6) is -0.201. The molecule has 0 spiro atoms. The number of nitrogens with zero attached hydrogens (tertiary/aromatic N) is 1. The van der Waals surface area contributed by atoms with Crippen LogP contribution < -0.4 is 0 Å². The maximum atomic E-state index is 12.7. The summed E-state index contributed by atoms with van der Waals surface area (Å²) in [6.07, 6.45) is 3.33. The molecule has 0 aromatic heterocycles. The number of benzene rings is 2. The summed E-state index contributed by atoms with van der Waals surface area (Å²) < 4.78 is 0. The fourth-order valence-electron chi connectivity index (χ4n) is 2.97. The third-order valence-electron chi connectivity index (χ3n) is 4.10. The largest absolute Gasteiger partial charge is 0.278 e. The summed E-state index contributed by atoms with van der Waals surface area (Å²) in [4.78, 5) is 26.4. The van der Waals surface area contributed by atoms with Gasteiger partial charge >= 0.3 is 0 Å². The molecule has 1 aliphatic heterocycles. The molecular weight excluding hydrogens is 262 g/mol. The number of imide groups is 1. The number of hydrogen-bond donors (Lipinski definition) is 0. The van der Waals surface area contributed by atoms with Crippen molar-refractivity contribution >= 4 is 22.6 Å². The third-order valence-corrected chi connectivity index (χ3v) is 4.10.